The van der Waals surface area contributed by atoms with Gasteiger partial charge >= 0.3 is 0 Å². The van der Waals surface area contributed by atoms with E-state index >= 15 is 0 Å². The van der Waals surface area contributed by atoms with Crippen LogP contribution < -0.4 is 10.5 Å². The molecule has 0 saturated heterocycles. The summed E-state index contributed by atoms with van der Waals surface area (Å²) in [6.45, 7) is 4.57. The summed E-state index contributed by atoms with van der Waals surface area (Å²) in [6, 6.07) is 4.64. The van der Waals surface area contributed by atoms with Crippen molar-refractivity contribution in [2.45, 2.75) is 64.0 Å². The third-order valence-corrected chi connectivity index (χ3v) is 5.00. The lowest BCUT2D eigenvalue weighted by molar-refractivity contribution is -0.0202. The van der Waals surface area contributed by atoms with Crippen molar-refractivity contribution in [2.75, 3.05) is 0 Å². The first-order valence-corrected chi connectivity index (χ1v) is 8.21. The van der Waals surface area contributed by atoms with Gasteiger partial charge in [-0.1, -0.05) is 20.3 Å². The van der Waals surface area contributed by atoms with E-state index < -0.39 is 0 Å². The van der Waals surface area contributed by atoms with Gasteiger partial charge in [-0.3, -0.25) is 0 Å². The molecule has 2 nitrogen and oxygen atoms in total. The fraction of sp³-hybridized carbons (Fsp3) is 0.667. The Morgan fingerprint density at radius 3 is 2.95 bits per heavy atom. The smallest absolute Gasteiger partial charge is 0.125 e. The van der Waals surface area contributed by atoms with E-state index in [9.17, 15) is 4.39 Å². The summed E-state index contributed by atoms with van der Waals surface area (Å²) in [4.78, 5) is 0. The van der Waals surface area contributed by atoms with Crippen LogP contribution in [0.25, 0.3) is 0 Å². The maximum absolute atomic E-state index is 13.4. The number of fused-ring (bicyclic) bond motifs is 1. The van der Waals surface area contributed by atoms with Crippen LogP contribution in [-0.2, 0) is 0 Å². The topological polar surface area (TPSA) is 35.2 Å². The molecular formula is C18H26FNO. The van der Waals surface area contributed by atoms with Gasteiger partial charge in [-0.15, -0.1) is 0 Å². The molecule has 0 amide bonds. The van der Waals surface area contributed by atoms with Crippen LogP contribution in [0.2, 0.25) is 0 Å². The molecule has 1 aliphatic heterocycles. The van der Waals surface area contributed by atoms with Gasteiger partial charge in [0, 0.05) is 18.0 Å². The summed E-state index contributed by atoms with van der Waals surface area (Å²) in [5.74, 6) is 2.02. The van der Waals surface area contributed by atoms with Crippen LogP contribution in [0.15, 0.2) is 18.2 Å². The normalized spacial score (nSPS) is 32.0. The van der Waals surface area contributed by atoms with E-state index in [1.165, 1.54) is 31.4 Å². The molecule has 1 heterocycles. The molecular weight excluding hydrogens is 265 g/mol. The summed E-state index contributed by atoms with van der Waals surface area (Å²) in [7, 11) is 0. The van der Waals surface area contributed by atoms with Gasteiger partial charge in [0.05, 0.1) is 0 Å². The average Bonchev–Trinajstić information content (AvgIpc) is 2.39. The summed E-state index contributed by atoms with van der Waals surface area (Å²) in [5, 5.41) is 0. The lowest BCUT2D eigenvalue weighted by Crippen LogP contribution is -2.46. The summed E-state index contributed by atoms with van der Waals surface area (Å²) < 4.78 is 19.7. The van der Waals surface area contributed by atoms with Crippen LogP contribution in [-0.4, -0.2) is 5.60 Å². The van der Waals surface area contributed by atoms with Crippen molar-refractivity contribution in [1.29, 1.82) is 0 Å². The minimum Gasteiger partial charge on any atom is -0.487 e. The Hall–Kier alpha value is -1.09. The Balaban J connectivity index is 1.82. The monoisotopic (exact) mass is 291 g/mol. The van der Waals surface area contributed by atoms with Gasteiger partial charge < -0.3 is 10.5 Å². The molecule has 1 aliphatic carbocycles. The molecule has 21 heavy (non-hydrogen) atoms. The van der Waals surface area contributed by atoms with Crippen LogP contribution in [0, 0.1) is 17.7 Å². The molecule has 1 aromatic rings. The Labute approximate surface area is 126 Å². The molecule has 1 fully saturated rings. The number of nitrogens with two attached hydrogens (primary N) is 1. The van der Waals surface area contributed by atoms with Crippen LogP contribution in [0.1, 0.15) is 64.0 Å². The van der Waals surface area contributed by atoms with Crippen molar-refractivity contribution in [3.8, 4) is 5.75 Å². The van der Waals surface area contributed by atoms with Crippen LogP contribution >= 0.6 is 0 Å². The number of hydrogen-bond donors (Lipinski definition) is 1. The molecule has 2 aliphatic rings. The zero-order chi connectivity index (χ0) is 15.0. The standard InChI is InChI=1S/C18H26FNO/c1-12(2)8-13-4-3-7-18(10-13)11-16(20)15-9-14(19)5-6-17(15)21-18/h5-6,9,12-13,16H,3-4,7-8,10-11,20H2,1-2H3. The highest BCUT2D eigenvalue weighted by Crippen LogP contribution is 2.47. The van der Waals surface area contributed by atoms with Crippen molar-refractivity contribution < 1.29 is 9.13 Å². The van der Waals surface area contributed by atoms with Gasteiger partial charge in [0.1, 0.15) is 17.2 Å². The average molecular weight is 291 g/mol. The van der Waals surface area contributed by atoms with E-state index in [2.05, 4.69) is 13.8 Å². The van der Waals surface area contributed by atoms with Gasteiger partial charge in [-0.2, -0.15) is 0 Å². The van der Waals surface area contributed by atoms with Gasteiger partial charge in [0.15, 0.2) is 0 Å². The molecule has 0 aromatic heterocycles. The van der Waals surface area contributed by atoms with Crippen molar-refractivity contribution >= 4 is 0 Å². The number of ether oxygens (including phenoxy) is 1. The molecule has 2 N–H and O–H groups in total. The highest BCUT2D eigenvalue weighted by Gasteiger charge is 2.43. The predicted molar refractivity (Wildman–Crippen MR) is 82.7 cm³/mol. The quantitative estimate of drug-likeness (QED) is 0.865. The lowest BCUT2D eigenvalue weighted by atomic mass is 9.71. The predicted octanol–water partition coefficient (Wildman–Crippen LogP) is 4.58. The molecule has 1 spiro atoms. The fourth-order valence-electron chi connectivity index (χ4n) is 4.28. The van der Waals surface area contributed by atoms with Gasteiger partial charge in [-0.25, -0.2) is 4.39 Å². The number of halogens is 1. The van der Waals surface area contributed by atoms with Crippen molar-refractivity contribution in [1.82, 2.24) is 0 Å². The first kappa shape index (κ1) is 14.8. The SMILES string of the molecule is CC(C)CC1CCCC2(C1)CC(N)c1cc(F)ccc1O2. The van der Waals surface area contributed by atoms with Gasteiger partial charge in [-0.05, 0) is 55.7 Å². The molecule has 3 heteroatoms. The fourth-order valence-corrected chi connectivity index (χ4v) is 4.28. The number of benzene rings is 1. The second kappa shape index (κ2) is 5.60. The molecule has 1 aromatic carbocycles. The summed E-state index contributed by atoms with van der Waals surface area (Å²) >= 11 is 0. The maximum Gasteiger partial charge on any atom is 0.125 e. The molecule has 0 radical (unpaired) electrons. The Morgan fingerprint density at radius 2 is 2.19 bits per heavy atom. The number of rotatable bonds is 2. The lowest BCUT2D eigenvalue weighted by Gasteiger charge is -2.46. The van der Waals surface area contributed by atoms with Crippen molar-refractivity contribution in [3.63, 3.8) is 0 Å². The molecule has 3 atom stereocenters. The highest BCUT2D eigenvalue weighted by atomic mass is 19.1. The maximum atomic E-state index is 13.4. The van der Waals surface area contributed by atoms with E-state index in [1.807, 2.05) is 0 Å². The Morgan fingerprint density at radius 1 is 1.38 bits per heavy atom. The second-order valence-electron chi connectivity index (χ2n) is 7.37. The van der Waals surface area contributed by atoms with Crippen LogP contribution in [0.5, 0.6) is 5.75 Å². The van der Waals surface area contributed by atoms with Crippen LogP contribution in [0.4, 0.5) is 4.39 Å². The molecule has 3 rings (SSSR count). The molecule has 0 bridgehead atoms. The van der Waals surface area contributed by atoms with Crippen molar-refractivity contribution in [2.24, 2.45) is 17.6 Å². The van der Waals surface area contributed by atoms with E-state index in [-0.39, 0.29) is 17.5 Å². The number of hydrogen-bond acceptors (Lipinski definition) is 2. The molecule has 1 saturated carbocycles. The first-order valence-electron chi connectivity index (χ1n) is 8.21. The third-order valence-electron chi connectivity index (χ3n) is 5.00. The third kappa shape index (κ3) is 3.08. The minimum absolute atomic E-state index is 0.109. The van der Waals surface area contributed by atoms with E-state index in [1.54, 1.807) is 6.07 Å². The second-order valence-corrected chi connectivity index (χ2v) is 7.37. The van der Waals surface area contributed by atoms with Crippen molar-refractivity contribution in [3.05, 3.63) is 29.6 Å². The van der Waals surface area contributed by atoms with E-state index in [4.69, 9.17) is 10.5 Å². The van der Waals surface area contributed by atoms with Gasteiger partial charge in [0.2, 0.25) is 0 Å². The Kier molecular flexibility index (Phi) is 3.96. The van der Waals surface area contributed by atoms with E-state index in [0.717, 1.165) is 42.4 Å². The molecule has 3 unspecified atom stereocenters. The molecule has 116 valence electrons. The summed E-state index contributed by atoms with van der Waals surface area (Å²) in [6.07, 6.45) is 6.76. The van der Waals surface area contributed by atoms with Gasteiger partial charge in [0.25, 0.3) is 0 Å². The highest BCUT2D eigenvalue weighted by molar-refractivity contribution is 5.39. The first-order chi connectivity index (χ1) is 9.97. The minimum atomic E-state index is -0.231. The zero-order valence-electron chi connectivity index (χ0n) is 13.1. The Bertz CT molecular complexity index is 516. The van der Waals surface area contributed by atoms with Crippen LogP contribution in [0.3, 0.4) is 0 Å². The van der Waals surface area contributed by atoms with E-state index in [0.29, 0.717) is 0 Å². The largest absolute Gasteiger partial charge is 0.487 e. The summed E-state index contributed by atoms with van der Waals surface area (Å²) in [5.41, 5.74) is 7.02. The zero-order valence-corrected chi connectivity index (χ0v) is 13.1.